The van der Waals surface area contributed by atoms with Gasteiger partial charge in [0.05, 0.1) is 0 Å². The average Bonchev–Trinajstić information content (AvgIpc) is 2.64. The lowest BCUT2D eigenvalue weighted by Gasteiger charge is -2.38. The van der Waals surface area contributed by atoms with E-state index in [1.54, 1.807) is 0 Å². The first-order chi connectivity index (χ1) is 7.48. The number of anilines is 1. The second kappa shape index (κ2) is 4.30. The van der Waals surface area contributed by atoms with Crippen LogP contribution in [0.25, 0.3) is 0 Å². The van der Waals surface area contributed by atoms with Crippen molar-refractivity contribution in [3.05, 3.63) is 5.82 Å². The Hall–Kier alpha value is -0.680. The Morgan fingerprint density at radius 1 is 1.44 bits per heavy atom. The maximum absolute atomic E-state index is 4.60. The van der Waals surface area contributed by atoms with Crippen LogP contribution in [-0.2, 0) is 0 Å². The normalized spacial score (nSPS) is 20.4. The Morgan fingerprint density at radius 2 is 2.19 bits per heavy atom. The summed E-state index contributed by atoms with van der Waals surface area (Å²) in [6.45, 7) is 11.8. The fourth-order valence-electron chi connectivity index (χ4n) is 1.89. The molecule has 1 aromatic heterocycles. The molecule has 0 aromatic carbocycles. The molecule has 1 fully saturated rings. The third kappa shape index (κ3) is 2.52. The van der Waals surface area contributed by atoms with E-state index in [1.165, 1.54) is 11.5 Å². The van der Waals surface area contributed by atoms with Crippen molar-refractivity contribution in [3.63, 3.8) is 0 Å². The first-order valence-corrected chi connectivity index (χ1v) is 6.59. The molecule has 0 spiro atoms. The first kappa shape index (κ1) is 11.8. The summed E-state index contributed by atoms with van der Waals surface area (Å²) < 4.78 is 4.41. The van der Waals surface area contributed by atoms with Gasteiger partial charge >= 0.3 is 0 Å². The summed E-state index contributed by atoms with van der Waals surface area (Å²) in [5.74, 6) is 1.39. The van der Waals surface area contributed by atoms with E-state index in [-0.39, 0.29) is 5.54 Å². The van der Waals surface area contributed by atoms with Crippen molar-refractivity contribution >= 4 is 16.7 Å². The van der Waals surface area contributed by atoms with E-state index in [9.17, 15) is 0 Å². The lowest BCUT2D eigenvalue weighted by atomic mass is 10.0. The van der Waals surface area contributed by atoms with Crippen molar-refractivity contribution < 1.29 is 0 Å². The van der Waals surface area contributed by atoms with Crippen molar-refractivity contribution in [3.8, 4) is 0 Å². The van der Waals surface area contributed by atoms with Crippen LogP contribution in [0.5, 0.6) is 0 Å². The number of nitrogens with one attached hydrogen (secondary N) is 1. The van der Waals surface area contributed by atoms with Crippen LogP contribution in [0.3, 0.4) is 0 Å². The molecule has 16 heavy (non-hydrogen) atoms. The second-order valence-corrected chi connectivity index (χ2v) is 6.05. The van der Waals surface area contributed by atoms with E-state index in [0.717, 1.165) is 30.6 Å². The summed E-state index contributed by atoms with van der Waals surface area (Å²) in [5.41, 5.74) is 0.169. The van der Waals surface area contributed by atoms with Crippen molar-refractivity contribution in [2.24, 2.45) is 0 Å². The van der Waals surface area contributed by atoms with Gasteiger partial charge in [-0.15, -0.1) is 0 Å². The second-order valence-electron chi connectivity index (χ2n) is 5.32. The van der Waals surface area contributed by atoms with E-state index in [0.29, 0.717) is 5.92 Å². The number of piperazine rings is 1. The highest BCUT2D eigenvalue weighted by atomic mass is 32.1. The van der Waals surface area contributed by atoms with E-state index in [2.05, 4.69) is 47.3 Å². The Balaban J connectivity index is 2.11. The minimum atomic E-state index is 0.169. The molecule has 0 radical (unpaired) electrons. The molecule has 0 saturated carbocycles. The van der Waals surface area contributed by atoms with Gasteiger partial charge in [0.15, 0.2) is 0 Å². The molecule has 0 aliphatic carbocycles. The Morgan fingerprint density at radius 3 is 2.75 bits per heavy atom. The maximum atomic E-state index is 4.60. The molecule has 0 bridgehead atoms. The number of aromatic nitrogens is 2. The third-order valence-corrected chi connectivity index (χ3v) is 3.58. The monoisotopic (exact) mass is 240 g/mol. The maximum Gasteiger partial charge on any atom is 0.205 e. The highest BCUT2D eigenvalue weighted by molar-refractivity contribution is 7.09. The van der Waals surface area contributed by atoms with Gasteiger partial charge in [0.25, 0.3) is 0 Å². The van der Waals surface area contributed by atoms with Gasteiger partial charge in [-0.1, -0.05) is 13.8 Å². The molecule has 90 valence electrons. The zero-order chi connectivity index (χ0) is 11.8. The molecule has 2 rings (SSSR count). The fourth-order valence-corrected chi connectivity index (χ4v) is 2.73. The molecule has 1 aliphatic rings. The molecule has 1 aliphatic heterocycles. The van der Waals surface area contributed by atoms with Crippen LogP contribution >= 0.6 is 11.5 Å². The molecule has 0 amide bonds. The van der Waals surface area contributed by atoms with E-state index in [1.807, 2.05) is 0 Å². The Kier molecular flexibility index (Phi) is 3.17. The van der Waals surface area contributed by atoms with Crippen molar-refractivity contribution in [2.45, 2.75) is 39.2 Å². The lowest BCUT2D eigenvalue weighted by Crippen LogP contribution is -2.57. The van der Waals surface area contributed by atoms with Crippen LogP contribution < -0.4 is 10.2 Å². The molecular weight excluding hydrogens is 220 g/mol. The predicted molar refractivity (Wildman–Crippen MR) is 68.3 cm³/mol. The minimum absolute atomic E-state index is 0.169. The molecule has 0 unspecified atom stereocenters. The van der Waals surface area contributed by atoms with Crippen LogP contribution in [0.1, 0.15) is 39.4 Å². The smallest absolute Gasteiger partial charge is 0.205 e. The standard InChI is InChI=1S/C11H20N4S/c1-8(2)9-13-10(16-14-9)15-6-5-12-11(3,4)7-15/h8,12H,5-7H2,1-4H3. The van der Waals surface area contributed by atoms with Gasteiger partial charge in [-0.25, -0.2) is 4.98 Å². The van der Waals surface area contributed by atoms with E-state index in [4.69, 9.17) is 0 Å². The highest BCUT2D eigenvalue weighted by Gasteiger charge is 2.27. The SMILES string of the molecule is CC(C)c1nsc(N2CCNC(C)(C)C2)n1. The Bertz CT molecular complexity index is 359. The summed E-state index contributed by atoms with van der Waals surface area (Å²) >= 11 is 1.52. The predicted octanol–water partition coefficient (Wildman–Crippen LogP) is 1.85. The summed E-state index contributed by atoms with van der Waals surface area (Å²) in [4.78, 5) is 6.94. The highest BCUT2D eigenvalue weighted by Crippen LogP contribution is 2.24. The summed E-state index contributed by atoms with van der Waals surface area (Å²) in [5, 5.41) is 4.57. The van der Waals surface area contributed by atoms with Gasteiger partial charge in [-0.3, -0.25) is 0 Å². The van der Waals surface area contributed by atoms with E-state index >= 15 is 0 Å². The quantitative estimate of drug-likeness (QED) is 0.856. The molecular formula is C11H20N4S. The average molecular weight is 240 g/mol. The number of rotatable bonds is 2. The number of hydrogen-bond donors (Lipinski definition) is 1. The van der Waals surface area contributed by atoms with Crippen LogP contribution in [0.15, 0.2) is 0 Å². The summed E-state index contributed by atoms with van der Waals surface area (Å²) in [7, 11) is 0. The molecule has 4 nitrogen and oxygen atoms in total. The van der Waals surface area contributed by atoms with Gasteiger partial charge in [0.1, 0.15) is 5.82 Å². The van der Waals surface area contributed by atoms with Crippen LogP contribution in [0, 0.1) is 0 Å². The van der Waals surface area contributed by atoms with E-state index < -0.39 is 0 Å². The molecule has 0 atom stereocenters. The van der Waals surface area contributed by atoms with Gasteiger partial charge in [-0.05, 0) is 13.8 Å². The van der Waals surface area contributed by atoms with Crippen molar-refractivity contribution in [1.82, 2.24) is 14.7 Å². The van der Waals surface area contributed by atoms with Crippen LogP contribution in [-0.4, -0.2) is 34.5 Å². The van der Waals surface area contributed by atoms with Gasteiger partial charge < -0.3 is 10.2 Å². The van der Waals surface area contributed by atoms with Crippen molar-refractivity contribution in [1.29, 1.82) is 0 Å². The number of hydrogen-bond acceptors (Lipinski definition) is 5. The van der Waals surface area contributed by atoms with Crippen LogP contribution in [0.4, 0.5) is 5.13 Å². The van der Waals surface area contributed by atoms with Gasteiger partial charge in [0.2, 0.25) is 5.13 Å². The van der Waals surface area contributed by atoms with Gasteiger partial charge in [0, 0.05) is 42.6 Å². The summed E-state index contributed by atoms with van der Waals surface area (Å²) in [6.07, 6.45) is 0. The molecule has 2 heterocycles. The summed E-state index contributed by atoms with van der Waals surface area (Å²) in [6, 6.07) is 0. The molecule has 1 N–H and O–H groups in total. The topological polar surface area (TPSA) is 41.1 Å². The zero-order valence-corrected chi connectivity index (χ0v) is 11.3. The lowest BCUT2D eigenvalue weighted by molar-refractivity contribution is 0.353. The Labute approximate surface area is 101 Å². The largest absolute Gasteiger partial charge is 0.344 e. The zero-order valence-electron chi connectivity index (χ0n) is 10.4. The van der Waals surface area contributed by atoms with Crippen molar-refractivity contribution in [2.75, 3.05) is 24.5 Å². The fraction of sp³-hybridized carbons (Fsp3) is 0.818. The van der Waals surface area contributed by atoms with Gasteiger partial charge in [-0.2, -0.15) is 4.37 Å². The minimum Gasteiger partial charge on any atom is -0.344 e. The molecule has 1 saturated heterocycles. The first-order valence-electron chi connectivity index (χ1n) is 5.81. The molecule has 5 heteroatoms. The third-order valence-electron chi connectivity index (χ3n) is 2.79. The molecule has 1 aromatic rings. The van der Waals surface area contributed by atoms with Crippen LogP contribution in [0.2, 0.25) is 0 Å². The number of nitrogens with zero attached hydrogens (tertiary/aromatic N) is 3.